The molecule has 0 aromatic heterocycles. The first-order valence-electron chi connectivity index (χ1n) is 10.2. The van der Waals surface area contributed by atoms with Crippen LogP contribution < -0.4 is 5.32 Å². The molecular formula is C20H35NO5. The average molecular weight is 370 g/mol. The van der Waals surface area contributed by atoms with Gasteiger partial charge in [-0.1, -0.05) is 44.9 Å². The predicted molar refractivity (Wildman–Crippen MR) is 100 cm³/mol. The number of hydrogen-bond donors (Lipinski definition) is 3. The second-order valence-electron chi connectivity index (χ2n) is 7.55. The Balaban J connectivity index is 0.000000195. The fourth-order valence-corrected chi connectivity index (χ4v) is 3.68. The molecule has 3 aliphatic rings. The number of piperidine rings is 1. The summed E-state index contributed by atoms with van der Waals surface area (Å²) in [6.07, 6.45) is 15.5. The molecule has 1 aliphatic heterocycles. The molecule has 2 aliphatic carbocycles. The SMILES string of the molecule is O=C(O)C1CCCCC1.O=C(O)C1CCCCN1.O=CC1CCCCC1. The Morgan fingerprint density at radius 1 is 0.731 bits per heavy atom. The first kappa shape index (κ1) is 22.6. The van der Waals surface area contributed by atoms with Gasteiger partial charge in [0.05, 0.1) is 5.92 Å². The Morgan fingerprint density at radius 2 is 1.27 bits per heavy atom. The molecule has 6 heteroatoms. The fraction of sp³-hybridized carbons (Fsp3) is 0.850. The van der Waals surface area contributed by atoms with E-state index in [1.165, 1.54) is 25.7 Å². The summed E-state index contributed by atoms with van der Waals surface area (Å²) < 4.78 is 0. The van der Waals surface area contributed by atoms with Crippen LogP contribution in [-0.2, 0) is 14.4 Å². The average Bonchev–Trinajstić information content (AvgIpc) is 2.71. The third-order valence-electron chi connectivity index (χ3n) is 5.41. The van der Waals surface area contributed by atoms with Crippen molar-refractivity contribution >= 4 is 18.2 Å². The van der Waals surface area contributed by atoms with Crippen molar-refractivity contribution in [3.63, 3.8) is 0 Å². The largest absolute Gasteiger partial charge is 0.481 e. The number of aldehydes is 1. The van der Waals surface area contributed by atoms with Gasteiger partial charge in [0.2, 0.25) is 0 Å². The highest BCUT2D eigenvalue weighted by molar-refractivity contribution is 5.73. The molecule has 0 bridgehead atoms. The van der Waals surface area contributed by atoms with Gasteiger partial charge in [-0.05, 0) is 45.1 Å². The third-order valence-corrected chi connectivity index (χ3v) is 5.41. The summed E-state index contributed by atoms with van der Waals surface area (Å²) in [5, 5.41) is 19.9. The molecular weight excluding hydrogens is 334 g/mol. The summed E-state index contributed by atoms with van der Waals surface area (Å²) in [6.45, 7) is 0.858. The van der Waals surface area contributed by atoms with Crippen LogP contribution in [-0.4, -0.2) is 41.0 Å². The second-order valence-corrected chi connectivity index (χ2v) is 7.55. The molecule has 0 aromatic carbocycles. The number of hydrogen-bond acceptors (Lipinski definition) is 4. The lowest BCUT2D eigenvalue weighted by atomic mass is 9.90. The summed E-state index contributed by atoms with van der Waals surface area (Å²) in [5.41, 5.74) is 0. The van der Waals surface area contributed by atoms with Gasteiger partial charge in [0.15, 0.2) is 0 Å². The molecule has 6 nitrogen and oxygen atoms in total. The van der Waals surface area contributed by atoms with Crippen LogP contribution in [0.3, 0.4) is 0 Å². The van der Waals surface area contributed by atoms with Crippen LogP contribution in [0, 0.1) is 11.8 Å². The lowest BCUT2D eigenvalue weighted by Crippen LogP contribution is -2.40. The summed E-state index contributed by atoms with van der Waals surface area (Å²) in [4.78, 5) is 30.8. The van der Waals surface area contributed by atoms with Gasteiger partial charge >= 0.3 is 11.9 Å². The van der Waals surface area contributed by atoms with E-state index in [0.29, 0.717) is 5.92 Å². The number of rotatable bonds is 3. The molecule has 26 heavy (non-hydrogen) atoms. The van der Waals surface area contributed by atoms with Crippen molar-refractivity contribution in [3.8, 4) is 0 Å². The van der Waals surface area contributed by atoms with E-state index in [4.69, 9.17) is 10.2 Å². The summed E-state index contributed by atoms with van der Waals surface area (Å²) in [6, 6.07) is -0.279. The Kier molecular flexibility index (Phi) is 11.9. The molecule has 1 heterocycles. The molecule has 0 radical (unpaired) electrons. The van der Waals surface area contributed by atoms with Crippen LogP contribution in [0.5, 0.6) is 0 Å². The molecule has 0 aromatic rings. The van der Waals surface area contributed by atoms with Crippen molar-refractivity contribution in [2.75, 3.05) is 6.54 Å². The zero-order chi connectivity index (χ0) is 19.2. The zero-order valence-corrected chi connectivity index (χ0v) is 15.8. The first-order valence-corrected chi connectivity index (χ1v) is 10.2. The van der Waals surface area contributed by atoms with E-state index < -0.39 is 11.9 Å². The summed E-state index contributed by atoms with van der Waals surface area (Å²) >= 11 is 0. The van der Waals surface area contributed by atoms with Crippen LogP contribution in [0.2, 0.25) is 0 Å². The Labute approximate surface area is 156 Å². The van der Waals surface area contributed by atoms with Gasteiger partial charge in [-0.15, -0.1) is 0 Å². The Morgan fingerprint density at radius 3 is 1.58 bits per heavy atom. The number of carboxylic acid groups (broad SMARTS) is 2. The number of aliphatic carboxylic acids is 2. The van der Waals surface area contributed by atoms with Crippen LogP contribution in [0.25, 0.3) is 0 Å². The van der Waals surface area contributed by atoms with Crippen LogP contribution >= 0.6 is 0 Å². The van der Waals surface area contributed by atoms with Crippen molar-refractivity contribution in [3.05, 3.63) is 0 Å². The maximum atomic E-state index is 10.4. The highest BCUT2D eigenvalue weighted by Crippen LogP contribution is 2.23. The zero-order valence-electron chi connectivity index (χ0n) is 15.8. The van der Waals surface area contributed by atoms with E-state index in [2.05, 4.69) is 5.32 Å². The van der Waals surface area contributed by atoms with Crippen LogP contribution in [0.4, 0.5) is 0 Å². The number of carboxylic acids is 2. The number of nitrogens with one attached hydrogen (secondary N) is 1. The molecule has 2 saturated carbocycles. The topological polar surface area (TPSA) is 104 Å². The highest BCUT2D eigenvalue weighted by atomic mass is 16.4. The van der Waals surface area contributed by atoms with Gasteiger partial charge in [-0.2, -0.15) is 0 Å². The molecule has 1 atom stereocenters. The van der Waals surface area contributed by atoms with Gasteiger partial charge in [-0.3, -0.25) is 9.59 Å². The minimum atomic E-state index is -0.713. The summed E-state index contributed by atoms with van der Waals surface area (Å²) in [7, 11) is 0. The standard InChI is InChI=1S/C7H12O2.C7H12O.C6H11NO2/c8-7(9)6-4-2-1-3-5-6;8-6-7-4-2-1-3-5-7;8-6(9)5-3-1-2-4-7-5/h6H,1-5H2,(H,8,9);6-7H,1-5H2;5,7H,1-4H2,(H,8,9). The van der Waals surface area contributed by atoms with E-state index in [1.54, 1.807) is 0 Å². The molecule has 0 spiro atoms. The van der Waals surface area contributed by atoms with E-state index >= 15 is 0 Å². The van der Waals surface area contributed by atoms with Crippen LogP contribution in [0.15, 0.2) is 0 Å². The molecule has 3 fully saturated rings. The lowest BCUT2D eigenvalue weighted by Gasteiger charge is -2.18. The van der Waals surface area contributed by atoms with Crippen molar-refractivity contribution in [2.24, 2.45) is 11.8 Å². The fourth-order valence-electron chi connectivity index (χ4n) is 3.68. The Hall–Kier alpha value is -1.43. The highest BCUT2D eigenvalue weighted by Gasteiger charge is 2.19. The normalized spacial score (nSPS) is 24.2. The maximum absolute atomic E-state index is 10.4. The smallest absolute Gasteiger partial charge is 0.320 e. The molecule has 3 rings (SSSR count). The number of carbonyl (C=O) groups excluding carboxylic acids is 1. The van der Waals surface area contributed by atoms with Crippen molar-refractivity contribution in [2.45, 2.75) is 89.5 Å². The predicted octanol–water partition coefficient (Wildman–Crippen LogP) is 3.63. The Bertz CT molecular complexity index is 380. The molecule has 1 unspecified atom stereocenters. The molecule has 0 amide bonds. The van der Waals surface area contributed by atoms with Gasteiger partial charge in [0.1, 0.15) is 12.3 Å². The third kappa shape index (κ3) is 9.90. The van der Waals surface area contributed by atoms with Gasteiger partial charge in [0, 0.05) is 5.92 Å². The first-order chi connectivity index (χ1) is 12.5. The van der Waals surface area contributed by atoms with Gasteiger partial charge < -0.3 is 20.3 Å². The minimum Gasteiger partial charge on any atom is -0.481 e. The monoisotopic (exact) mass is 369 g/mol. The van der Waals surface area contributed by atoms with E-state index in [-0.39, 0.29) is 12.0 Å². The summed E-state index contributed by atoms with van der Waals surface area (Å²) in [5.74, 6) is -0.938. The van der Waals surface area contributed by atoms with Crippen LogP contribution in [0.1, 0.15) is 83.5 Å². The van der Waals surface area contributed by atoms with Crippen molar-refractivity contribution < 1.29 is 24.6 Å². The quantitative estimate of drug-likeness (QED) is 0.656. The molecule has 150 valence electrons. The van der Waals surface area contributed by atoms with Gasteiger partial charge in [-0.25, -0.2) is 0 Å². The molecule has 3 N–H and O–H groups in total. The van der Waals surface area contributed by atoms with E-state index in [9.17, 15) is 14.4 Å². The van der Waals surface area contributed by atoms with Crippen molar-refractivity contribution in [1.82, 2.24) is 5.32 Å². The minimum absolute atomic E-state index is 0.0289. The lowest BCUT2D eigenvalue weighted by molar-refractivity contribution is -0.143. The van der Waals surface area contributed by atoms with Gasteiger partial charge in [0.25, 0.3) is 0 Å². The van der Waals surface area contributed by atoms with Crippen molar-refractivity contribution in [1.29, 1.82) is 0 Å². The second kappa shape index (κ2) is 13.7. The maximum Gasteiger partial charge on any atom is 0.320 e. The van der Waals surface area contributed by atoms with E-state index in [1.807, 2.05) is 0 Å². The molecule has 1 saturated heterocycles. The number of carbonyl (C=O) groups is 3. The van der Waals surface area contributed by atoms with E-state index in [0.717, 1.165) is 70.6 Å².